The highest BCUT2D eigenvalue weighted by molar-refractivity contribution is 7.99. The van der Waals surface area contributed by atoms with E-state index in [0.717, 1.165) is 60.0 Å². The zero-order valence-electron chi connectivity index (χ0n) is 49.2. The van der Waals surface area contributed by atoms with Crippen LogP contribution < -0.4 is 15.4 Å². The number of halogens is 1. The summed E-state index contributed by atoms with van der Waals surface area (Å²) in [7, 11) is -23.0. The number of azo groups is 4. The molecule has 5 aromatic carbocycles. The van der Waals surface area contributed by atoms with E-state index in [9.17, 15) is 90.1 Å². The van der Waals surface area contributed by atoms with Gasteiger partial charge in [-0.2, -0.15) is 57.7 Å². The smallest absolute Gasteiger partial charge is 0.296 e. The number of imidazole rings is 1. The van der Waals surface area contributed by atoms with Gasteiger partial charge in [-0.3, -0.25) is 36.8 Å². The van der Waals surface area contributed by atoms with E-state index < -0.39 is 100 Å². The molecule has 496 valence electrons. The highest BCUT2D eigenvalue weighted by Crippen LogP contribution is 2.46. The maximum absolute atomic E-state index is 12.9. The van der Waals surface area contributed by atoms with Crippen molar-refractivity contribution in [3.05, 3.63) is 93.5 Å². The number of aromatic nitrogens is 2. The van der Waals surface area contributed by atoms with Crippen LogP contribution in [0, 0.1) is 43.4 Å². The lowest BCUT2D eigenvalue weighted by atomic mass is 10.1. The third-order valence-corrected chi connectivity index (χ3v) is 19.8. The van der Waals surface area contributed by atoms with Crippen LogP contribution in [0.5, 0.6) is 11.6 Å². The summed E-state index contributed by atoms with van der Waals surface area (Å²) in [4.78, 5) is 29.0. The molecule has 0 atom stereocenters. The summed E-state index contributed by atoms with van der Waals surface area (Å²) in [5.74, 6) is -4.04. The van der Waals surface area contributed by atoms with Crippen LogP contribution in [0.2, 0.25) is 5.02 Å². The summed E-state index contributed by atoms with van der Waals surface area (Å²) in [6.45, 7) is 6.32. The van der Waals surface area contributed by atoms with E-state index in [-0.39, 0.29) is 149 Å². The molecule has 0 fully saturated rings. The lowest BCUT2D eigenvalue weighted by Crippen LogP contribution is -2.08. The van der Waals surface area contributed by atoms with Gasteiger partial charge in [0.05, 0.1) is 67.4 Å². The maximum atomic E-state index is 12.9. The zero-order valence-corrected chi connectivity index (χ0v) is 55.7. The second kappa shape index (κ2) is 29.9. The molecule has 0 spiro atoms. The maximum Gasteiger partial charge on any atom is 0.296 e. The van der Waals surface area contributed by atoms with Gasteiger partial charge >= 0.3 is 0 Å². The molecule has 2 amide bonds. The number of rotatable bonds is 27. The summed E-state index contributed by atoms with van der Waals surface area (Å²) < 4.78 is 174. The van der Waals surface area contributed by atoms with Crippen LogP contribution in [-0.4, -0.2) is 127 Å². The number of amides is 2. The minimum atomic E-state index is -4.94. The molecule has 0 bridgehead atoms. The summed E-state index contributed by atoms with van der Waals surface area (Å²) in [5.41, 5.74) is -0.994. The Labute approximate surface area is 549 Å². The first-order chi connectivity index (χ1) is 43.9. The van der Waals surface area contributed by atoms with Gasteiger partial charge in [0, 0.05) is 35.3 Å². The largest absolute Gasteiger partial charge is 0.493 e. The van der Waals surface area contributed by atoms with Crippen LogP contribution in [0.15, 0.2) is 121 Å². The number of nitrogens with one attached hydrogen (secondary N) is 2. The minimum Gasteiger partial charge on any atom is -0.493 e. The molecule has 7 rings (SSSR count). The first-order valence-corrected chi connectivity index (χ1v) is 36.6. The third-order valence-electron chi connectivity index (χ3n) is 12.8. The minimum absolute atomic E-state index is 0.00556. The second-order valence-corrected chi connectivity index (χ2v) is 30.1. The van der Waals surface area contributed by atoms with Crippen molar-refractivity contribution in [1.29, 1.82) is 10.5 Å². The SMILES string of the molecule is CC(=O)Nc1cc(N=Nc2cc(SCCCS(=O)(=O)O)c(N=Nc3cc(OCCCS(=O)(=O)O)c(N=Nc4c(C)c(C#N)c5nc6c(C)c(S(=O)(=O)O)ccc6n5c4O)cc3C)cc2NC(C)=O)c(SCCCS(=O)(=O)O)cc1N=Nc1cc(S(=O)(=O)O)c(Cl)cc1C#N. The molecule has 2 heterocycles. The highest BCUT2D eigenvalue weighted by Gasteiger charge is 2.26. The molecule has 7 aromatic rings. The number of nitriles is 2. The van der Waals surface area contributed by atoms with Crippen molar-refractivity contribution in [2.75, 3.05) is 46.0 Å². The van der Waals surface area contributed by atoms with E-state index in [4.69, 9.17) is 16.3 Å². The molecule has 0 radical (unpaired) electrons. The van der Waals surface area contributed by atoms with Gasteiger partial charge in [0.25, 0.3) is 50.6 Å². The predicted molar refractivity (Wildman–Crippen MR) is 344 cm³/mol. The van der Waals surface area contributed by atoms with E-state index in [1.54, 1.807) is 13.0 Å². The van der Waals surface area contributed by atoms with Crippen LogP contribution in [0.25, 0.3) is 16.7 Å². The molecule has 0 aliphatic heterocycles. The number of thioether (sulfide) groups is 2. The Morgan fingerprint density at radius 1 is 0.596 bits per heavy atom. The number of carbonyl (C=O) groups is 2. The molecular weight excluding hydrogens is 1400 g/mol. The first kappa shape index (κ1) is 72.9. The van der Waals surface area contributed by atoms with Crippen molar-refractivity contribution in [1.82, 2.24) is 9.38 Å². The van der Waals surface area contributed by atoms with Crippen molar-refractivity contribution in [3.8, 4) is 23.8 Å². The Bertz CT molecular complexity index is 5080. The van der Waals surface area contributed by atoms with Gasteiger partial charge in [0.2, 0.25) is 17.7 Å². The van der Waals surface area contributed by atoms with Gasteiger partial charge in [0.1, 0.15) is 62.5 Å². The van der Waals surface area contributed by atoms with E-state index >= 15 is 0 Å². The van der Waals surface area contributed by atoms with Gasteiger partial charge in [-0.15, -0.1) is 59.3 Å². The average Bonchev–Trinajstić information content (AvgIpc) is 1.57. The highest BCUT2D eigenvalue weighted by atomic mass is 35.5. The summed E-state index contributed by atoms with van der Waals surface area (Å²) in [6.07, 6.45) is -0.468. The second-order valence-electron chi connectivity index (χ2n) is 19.9. The van der Waals surface area contributed by atoms with Gasteiger partial charge in [-0.25, -0.2) is 4.98 Å². The standard InChI is InChI=1S/C53H51ClN14O19S7/c1-27-17-41(64-67-51-28(2)33(26-56)52-59-50-29(3)48(93(81,82)83)10-9-44(50)68(52)53(51)71)45(87-11-6-14-90(72,73)74)21-35(27)60-65-42-19-38(58-31(5)70)40(23-46(42)88-12-7-15-91(75,76)77)63-66-43-20-37(57-30(4)69)39(22-47(43)89-13-8-16-92(78,79)80)62-61-36-24-49(94(84,85)86)34(54)18-32(36)25-55/h9-10,17-24,71H,6-8,11-16H2,1-5H3,(H,57,69)(H,58,70)(H,72,73,74)(H,75,76,77)(H,78,79,80)(H,81,82,83)(H,84,85,86). The van der Waals surface area contributed by atoms with Crippen LogP contribution >= 0.6 is 35.1 Å². The van der Waals surface area contributed by atoms with Gasteiger partial charge in [0.15, 0.2) is 11.3 Å². The molecule has 0 aliphatic rings. The van der Waals surface area contributed by atoms with Crippen molar-refractivity contribution >= 4 is 171 Å². The third kappa shape index (κ3) is 19.1. The molecule has 33 nitrogen and oxygen atoms in total. The van der Waals surface area contributed by atoms with E-state index in [1.807, 2.05) is 6.07 Å². The molecule has 0 saturated heterocycles. The fraction of sp³-hybridized carbons (Fsp3) is 0.264. The number of anilines is 2. The lowest BCUT2D eigenvalue weighted by Gasteiger charge is -2.13. The predicted octanol–water partition coefficient (Wildman–Crippen LogP) is 12.0. The van der Waals surface area contributed by atoms with Crippen molar-refractivity contribution in [2.45, 2.75) is 73.5 Å². The molecular formula is C53H51ClN14O19S7. The van der Waals surface area contributed by atoms with Crippen molar-refractivity contribution < 1.29 is 84.3 Å². The Hall–Kier alpha value is -8.49. The Kier molecular flexibility index (Phi) is 23.2. The Morgan fingerprint density at radius 2 is 1.09 bits per heavy atom. The number of hydrogen-bond donors (Lipinski definition) is 8. The zero-order chi connectivity index (χ0) is 69.4. The molecule has 41 heteroatoms. The molecule has 8 N–H and O–H groups in total. The molecule has 2 aromatic heterocycles. The number of ether oxygens (including phenoxy) is 1. The fourth-order valence-electron chi connectivity index (χ4n) is 8.56. The van der Waals surface area contributed by atoms with Gasteiger partial charge in [-0.05, 0) is 117 Å². The van der Waals surface area contributed by atoms with Crippen LogP contribution in [0.3, 0.4) is 0 Å². The number of pyridine rings is 1. The number of benzene rings is 5. The summed E-state index contributed by atoms with van der Waals surface area (Å²) >= 11 is 7.97. The van der Waals surface area contributed by atoms with Gasteiger partial charge in [-0.1, -0.05) is 11.6 Å². The number of nitrogens with zero attached hydrogens (tertiary/aromatic N) is 12. The summed E-state index contributed by atoms with van der Waals surface area (Å²) in [5, 5.41) is 71.1. The molecule has 0 saturated carbocycles. The topological polar surface area (TPSA) is 523 Å². The molecule has 0 unspecified atom stereocenters. The number of hydrogen-bond acceptors (Lipinski definition) is 27. The molecule has 0 aliphatic carbocycles. The van der Waals surface area contributed by atoms with E-state index in [2.05, 4.69) is 56.5 Å². The monoisotopic (exact) mass is 1450 g/mol. The average molecular weight is 1450 g/mol. The lowest BCUT2D eigenvalue weighted by molar-refractivity contribution is -0.115. The van der Waals surface area contributed by atoms with Crippen LogP contribution in [0.1, 0.15) is 60.9 Å². The quantitative estimate of drug-likeness (QED) is 0.0103. The van der Waals surface area contributed by atoms with Crippen LogP contribution in [-0.2, 0) is 60.2 Å². The number of aromatic hydroxyl groups is 1. The number of carbonyl (C=O) groups excluding carboxylic acids is 2. The summed E-state index contributed by atoms with van der Waals surface area (Å²) in [6, 6.07) is 15.9. The Morgan fingerprint density at radius 3 is 1.57 bits per heavy atom. The Balaban J connectivity index is 1.35. The molecule has 94 heavy (non-hydrogen) atoms. The number of fused-ring (bicyclic) bond motifs is 3. The first-order valence-electron chi connectivity index (χ1n) is 26.6. The van der Waals surface area contributed by atoms with Crippen molar-refractivity contribution in [3.63, 3.8) is 0 Å². The van der Waals surface area contributed by atoms with Crippen molar-refractivity contribution in [2.24, 2.45) is 40.9 Å². The van der Waals surface area contributed by atoms with E-state index in [1.165, 1.54) is 56.3 Å². The van der Waals surface area contributed by atoms with E-state index in [0.29, 0.717) is 5.56 Å². The van der Waals surface area contributed by atoms with Crippen LogP contribution in [0.4, 0.5) is 56.9 Å². The number of aryl methyl sites for hydroxylation is 2. The fourth-order valence-corrected chi connectivity index (χ4v) is 14.1. The normalized spacial score (nSPS) is 12.6. The van der Waals surface area contributed by atoms with Gasteiger partial charge < -0.3 is 20.5 Å².